The van der Waals surface area contributed by atoms with Crippen LogP contribution in [0.1, 0.15) is 11.1 Å². The van der Waals surface area contributed by atoms with Gasteiger partial charge >= 0.3 is 0 Å². The second-order valence-electron chi connectivity index (χ2n) is 4.85. The summed E-state index contributed by atoms with van der Waals surface area (Å²) in [6.07, 6.45) is 0. The van der Waals surface area contributed by atoms with Crippen molar-refractivity contribution >= 4 is 15.9 Å². The second-order valence-corrected chi connectivity index (χ2v) is 5.77. The number of benzene rings is 2. The molecule has 0 bridgehead atoms. The first-order valence-corrected chi connectivity index (χ1v) is 7.25. The summed E-state index contributed by atoms with van der Waals surface area (Å²) in [5, 5.41) is 14.1. The van der Waals surface area contributed by atoms with Gasteiger partial charge in [0.15, 0.2) is 0 Å². The van der Waals surface area contributed by atoms with Gasteiger partial charge in [-0.25, -0.2) is 0 Å². The minimum Gasteiger partial charge on any atom is -0.507 e. The van der Waals surface area contributed by atoms with Crippen LogP contribution in [0.25, 0.3) is 22.8 Å². The van der Waals surface area contributed by atoms with E-state index < -0.39 is 0 Å². The lowest BCUT2D eigenvalue weighted by Crippen LogP contribution is -1.86. The molecule has 0 aliphatic rings. The maximum atomic E-state index is 10.1. The third-order valence-electron chi connectivity index (χ3n) is 3.32. The molecule has 4 nitrogen and oxygen atoms in total. The van der Waals surface area contributed by atoms with Crippen LogP contribution in [-0.2, 0) is 0 Å². The molecule has 0 saturated heterocycles. The molecular formula is C16H13BrN2O2. The number of rotatable bonds is 2. The molecule has 2 aromatic carbocycles. The number of para-hydroxylation sites is 1. The summed E-state index contributed by atoms with van der Waals surface area (Å²) in [5.41, 5.74) is 3.26. The van der Waals surface area contributed by atoms with E-state index in [1.54, 1.807) is 6.07 Å². The topological polar surface area (TPSA) is 59.2 Å². The molecule has 0 aliphatic carbocycles. The molecule has 106 valence electrons. The standard InChI is InChI=1S/C16H13BrN2O2/c1-9-4-3-5-13(14(9)20)16-18-15(19-21-16)12-7-6-11(17)8-10(12)2/h3-8,20H,1-2H3. The number of aromatic nitrogens is 2. The molecule has 1 aromatic heterocycles. The number of halogens is 1. The number of phenols is 1. The third kappa shape index (κ3) is 2.56. The van der Waals surface area contributed by atoms with Crippen molar-refractivity contribution < 1.29 is 9.63 Å². The summed E-state index contributed by atoms with van der Waals surface area (Å²) in [4.78, 5) is 4.39. The molecule has 3 rings (SSSR count). The lowest BCUT2D eigenvalue weighted by atomic mass is 10.1. The van der Waals surface area contributed by atoms with Crippen molar-refractivity contribution in [3.8, 4) is 28.6 Å². The Balaban J connectivity index is 2.06. The third-order valence-corrected chi connectivity index (χ3v) is 3.82. The highest BCUT2D eigenvalue weighted by molar-refractivity contribution is 9.10. The van der Waals surface area contributed by atoms with Crippen LogP contribution in [0.4, 0.5) is 0 Å². The molecule has 21 heavy (non-hydrogen) atoms. The highest BCUT2D eigenvalue weighted by atomic mass is 79.9. The van der Waals surface area contributed by atoms with E-state index in [1.807, 2.05) is 44.2 Å². The number of aryl methyl sites for hydroxylation is 2. The van der Waals surface area contributed by atoms with Crippen molar-refractivity contribution in [2.45, 2.75) is 13.8 Å². The summed E-state index contributed by atoms with van der Waals surface area (Å²) in [5.74, 6) is 0.990. The maximum absolute atomic E-state index is 10.1. The number of nitrogens with zero attached hydrogens (tertiary/aromatic N) is 2. The Bertz CT molecular complexity index is 812. The van der Waals surface area contributed by atoms with E-state index in [1.165, 1.54) is 0 Å². The van der Waals surface area contributed by atoms with E-state index in [0.717, 1.165) is 21.2 Å². The molecule has 0 radical (unpaired) electrons. The van der Waals surface area contributed by atoms with Crippen molar-refractivity contribution in [3.63, 3.8) is 0 Å². The van der Waals surface area contributed by atoms with Crippen LogP contribution >= 0.6 is 15.9 Å². The van der Waals surface area contributed by atoms with Crippen molar-refractivity contribution in [1.29, 1.82) is 0 Å². The van der Waals surface area contributed by atoms with Gasteiger partial charge in [-0.3, -0.25) is 0 Å². The number of hydrogen-bond acceptors (Lipinski definition) is 4. The lowest BCUT2D eigenvalue weighted by molar-refractivity contribution is 0.425. The van der Waals surface area contributed by atoms with E-state index in [9.17, 15) is 5.11 Å². The van der Waals surface area contributed by atoms with E-state index in [-0.39, 0.29) is 5.75 Å². The van der Waals surface area contributed by atoms with Gasteiger partial charge in [0.05, 0.1) is 5.56 Å². The molecule has 1 heterocycles. The van der Waals surface area contributed by atoms with Crippen LogP contribution in [-0.4, -0.2) is 15.2 Å². The van der Waals surface area contributed by atoms with Crippen LogP contribution in [0.5, 0.6) is 5.75 Å². The molecular weight excluding hydrogens is 332 g/mol. The fourth-order valence-corrected chi connectivity index (χ4v) is 2.63. The van der Waals surface area contributed by atoms with Gasteiger partial charge in [-0.15, -0.1) is 0 Å². The molecule has 0 saturated carbocycles. The predicted molar refractivity (Wildman–Crippen MR) is 84.0 cm³/mol. The smallest absolute Gasteiger partial charge is 0.262 e. The lowest BCUT2D eigenvalue weighted by Gasteiger charge is -2.02. The molecule has 5 heteroatoms. The second kappa shape index (κ2) is 5.33. The highest BCUT2D eigenvalue weighted by Gasteiger charge is 2.16. The highest BCUT2D eigenvalue weighted by Crippen LogP contribution is 2.32. The average Bonchev–Trinajstić information content (AvgIpc) is 2.91. The van der Waals surface area contributed by atoms with Crippen molar-refractivity contribution in [2.75, 3.05) is 0 Å². The normalized spacial score (nSPS) is 10.8. The summed E-state index contributed by atoms with van der Waals surface area (Å²) in [6, 6.07) is 11.3. The zero-order chi connectivity index (χ0) is 15.0. The fourth-order valence-electron chi connectivity index (χ4n) is 2.15. The Labute approximate surface area is 130 Å². The monoisotopic (exact) mass is 344 g/mol. The van der Waals surface area contributed by atoms with E-state index in [2.05, 4.69) is 26.1 Å². The summed E-state index contributed by atoms with van der Waals surface area (Å²) >= 11 is 3.43. The first kappa shape index (κ1) is 13.8. The molecule has 0 amide bonds. The minimum absolute atomic E-state index is 0.167. The molecule has 0 aliphatic heterocycles. The van der Waals surface area contributed by atoms with Gasteiger partial charge in [-0.2, -0.15) is 4.98 Å². The van der Waals surface area contributed by atoms with Crippen LogP contribution in [0.2, 0.25) is 0 Å². The van der Waals surface area contributed by atoms with E-state index >= 15 is 0 Å². The van der Waals surface area contributed by atoms with Crippen LogP contribution in [0, 0.1) is 13.8 Å². The van der Waals surface area contributed by atoms with E-state index in [4.69, 9.17) is 4.52 Å². The number of aromatic hydroxyl groups is 1. The van der Waals surface area contributed by atoms with E-state index in [0.29, 0.717) is 17.3 Å². The first-order chi connectivity index (χ1) is 10.1. The van der Waals surface area contributed by atoms with Crippen LogP contribution in [0.3, 0.4) is 0 Å². The summed E-state index contributed by atoms with van der Waals surface area (Å²) in [7, 11) is 0. The Hall–Kier alpha value is -2.14. The van der Waals surface area contributed by atoms with Crippen molar-refractivity contribution in [2.24, 2.45) is 0 Å². The number of hydrogen-bond donors (Lipinski definition) is 1. The SMILES string of the molecule is Cc1cc(Br)ccc1-c1noc(-c2cccc(C)c2O)n1. The zero-order valence-electron chi connectivity index (χ0n) is 11.6. The fraction of sp³-hybridized carbons (Fsp3) is 0.125. The minimum atomic E-state index is 0.167. The van der Waals surface area contributed by atoms with Crippen molar-refractivity contribution in [3.05, 3.63) is 52.0 Å². The number of phenolic OH excluding ortho intramolecular Hbond substituents is 1. The summed E-state index contributed by atoms with van der Waals surface area (Å²) in [6.45, 7) is 3.81. The Morgan fingerprint density at radius 1 is 1.05 bits per heavy atom. The van der Waals surface area contributed by atoms with Crippen molar-refractivity contribution in [1.82, 2.24) is 10.1 Å². The molecule has 1 N–H and O–H groups in total. The van der Waals surface area contributed by atoms with Gasteiger partial charge in [0.2, 0.25) is 5.82 Å². The quantitative estimate of drug-likeness (QED) is 0.744. The van der Waals surface area contributed by atoms with Crippen LogP contribution < -0.4 is 0 Å². The molecule has 0 spiro atoms. The maximum Gasteiger partial charge on any atom is 0.262 e. The van der Waals surface area contributed by atoms with Gasteiger partial charge in [-0.05, 0) is 49.2 Å². The van der Waals surface area contributed by atoms with Crippen LogP contribution in [0.15, 0.2) is 45.4 Å². The largest absolute Gasteiger partial charge is 0.507 e. The zero-order valence-corrected chi connectivity index (χ0v) is 13.2. The predicted octanol–water partition coefficient (Wildman–Crippen LogP) is 4.49. The van der Waals surface area contributed by atoms with Gasteiger partial charge in [-0.1, -0.05) is 33.2 Å². The summed E-state index contributed by atoms with van der Waals surface area (Å²) < 4.78 is 6.30. The molecule has 3 aromatic rings. The Morgan fingerprint density at radius 3 is 2.62 bits per heavy atom. The Kier molecular flexibility index (Phi) is 3.51. The first-order valence-electron chi connectivity index (χ1n) is 6.45. The van der Waals surface area contributed by atoms with Gasteiger partial charge < -0.3 is 9.63 Å². The average molecular weight is 345 g/mol. The molecule has 0 unspecified atom stereocenters. The molecule has 0 atom stereocenters. The Morgan fingerprint density at radius 2 is 1.86 bits per heavy atom. The van der Waals surface area contributed by atoms with Gasteiger partial charge in [0.1, 0.15) is 5.75 Å². The van der Waals surface area contributed by atoms with Gasteiger partial charge in [0, 0.05) is 10.0 Å². The molecule has 0 fully saturated rings. The van der Waals surface area contributed by atoms with Gasteiger partial charge in [0.25, 0.3) is 5.89 Å².